The first-order chi connectivity index (χ1) is 14.4. The molecular weight excluding hydrogens is 398 g/mol. The van der Waals surface area contributed by atoms with Crippen LogP contribution in [0.2, 0.25) is 5.02 Å². The molecule has 3 heterocycles. The molecule has 2 unspecified atom stereocenters. The van der Waals surface area contributed by atoms with Crippen molar-refractivity contribution in [1.29, 1.82) is 0 Å². The fraction of sp³-hybridized carbons (Fsp3) is 0.375. The largest absolute Gasteiger partial charge is 0.455 e. The molecule has 0 saturated carbocycles. The number of nitrogens with zero attached hydrogens (tertiary/aromatic N) is 2. The van der Waals surface area contributed by atoms with Crippen LogP contribution in [0.25, 0.3) is 0 Å². The van der Waals surface area contributed by atoms with Crippen molar-refractivity contribution in [3.05, 3.63) is 82.5 Å². The fourth-order valence-corrected chi connectivity index (χ4v) is 4.12. The summed E-state index contributed by atoms with van der Waals surface area (Å²) in [6.07, 6.45) is 2.11. The van der Waals surface area contributed by atoms with Crippen LogP contribution in [0.1, 0.15) is 54.4 Å². The Morgan fingerprint density at radius 3 is 2.70 bits per heavy atom. The predicted molar refractivity (Wildman–Crippen MR) is 119 cm³/mol. The number of nitrogens with one attached hydrogen (secondary N) is 1. The number of benzene rings is 1. The monoisotopic (exact) mass is 425 g/mol. The Morgan fingerprint density at radius 2 is 1.93 bits per heavy atom. The molecule has 3 aromatic rings. The van der Waals surface area contributed by atoms with Crippen LogP contribution >= 0.6 is 11.6 Å². The summed E-state index contributed by atoms with van der Waals surface area (Å²) in [5.74, 6) is 1.32. The standard InChI is InChI=1S/C24H28ClN3O2/c1-16(2)17(3)26-24(29)22-11-10-18(30-22)15-28-14-13-27-12-6-9-21(27)23(28)19-7-4-5-8-20(19)25/h4-12,16-17,23H,13-15H2,1-3H3,(H,26,29). The number of aromatic nitrogens is 1. The molecule has 5 nitrogen and oxygen atoms in total. The van der Waals surface area contributed by atoms with E-state index in [9.17, 15) is 4.79 Å². The van der Waals surface area contributed by atoms with Gasteiger partial charge in [0.15, 0.2) is 5.76 Å². The molecule has 1 N–H and O–H groups in total. The molecule has 4 rings (SSSR count). The number of fused-ring (bicyclic) bond motifs is 1. The Hall–Kier alpha value is -2.50. The summed E-state index contributed by atoms with van der Waals surface area (Å²) >= 11 is 6.57. The molecule has 2 atom stereocenters. The summed E-state index contributed by atoms with van der Waals surface area (Å²) < 4.78 is 8.20. The molecule has 0 fully saturated rings. The van der Waals surface area contributed by atoms with E-state index in [4.69, 9.17) is 16.0 Å². The maximum atomic E-state index is 12.5. The number of hydrogen-bond acceptors (Lipinski definition) is 3. The fourth-order valence-electron chi connectivity index (χ4n) is 3.88. The van der Waals surface area contributed by atoms with Gasteiger partial charge in [0.05, 0.1) is 12.6 Å². The molecule has 6 heteroatoms. The Morgan fingerprint density at radius 1 is 1.13 bits per heavy atom. The van der Waals surface area contributed by atoms with E-state index in [2.05, 4.69) is 53.0 Å². The van der Waals surface area contributed by atoms with Crippen LogP contribution in [-0.4, -0.2) is 28.0 Å². The first-order valence-electron chi connectivity index (χ1n) is 10.5. The van der Waals surface area contributed by atoms with Crippen LogP contribution in [0.3, 0.4) is 0 Å². The van der Waals surface area contributed by atoms with Crippen molar-refractivity contribution in [3.63, 3.8) is 0 Å². The van der Waals surface area contributed by atoms with Crippen LogP contribution < -0.4 is 5.32 Å². The second-order valence-electron chi connectivity index (χ2n) is 8.29. The smallest absolute Gasteiger partial charge is 0.287 e. The number of carbonyl (C=O) groups excluding carboxylic acids is 1. The molecule has 0 radical (unpaired) electrons. The minimum atomic E-state index is -0.169. The summed E-state index contributed by atoms with van der Waals surface area (Å²) in [4.78, 5) is 14.8. The van der Waals surface area contributed by atoms with Gasteiger partial charge in [0.1, 0.15) is 5.76 Å². The molecule has 1 aliphatic heterocycles. The quantitative estimate of drug-likeness (QED) is 0.596. The Bertz CT molecular complexity index is 1020. The highest BCUT2D eigenvalue weighted by molar-refractivity contribution is 6.31. The predicted octanol–water partition coefficient (Wildman–Crippen LogP) is 5.11. The third-order valence-corrected chi connectivity index (χ3v) is 6.29. The summed E-state index contributed by atoms with van der Waals surface area (Å²) in [5.41, 5.74) is 2.29. The van der Waals surface area contributed by atoms with E-state index in [1.807, 2.05) is 31.2 Å². The molecule has 1 aliphatic rings. The van der Waals surface area contributed by atoms with E-state index in [1.54, 1.807) is 6.07 Å². The van der Waals surface area contributed by atoms with E-state index < -0.39 is 0 Å². The van der Waals surface area contributed by atoms with Gasteiger partial charge in [0, 0.05) is 36.0 Å². The van der Waals surface area contributed by atoms with Crippen molar-refractivity contribution in [2.24, 2.45) is 5.92 Å². The third-order valence-electron chi connectivity index (χ3n) is 5.94. The maximum Gasteiger partial charge on any atom is 0.287 e. The maximum absolute atomic E-state index is 12.5. The van der Waals surface area contributed by atoms with Gasteiger partial charge in [-0.05, 0) is 48.7 Å². The molecular formula is C24H28ClN3O2. The van der Waals surface area contributed by atoms with Crippen molar-refractivity contribution in [3.8, 4) is 0 Å². The molecule has 1 amide bonds. The Balaban J connectivity index is 1.56. The summed E-state index contributed by atoms with van der Waals surface area (Å²) in [6.45, 7) is 8.55. The van der Waals surface area contributed by atoms with Gasteiger partial charge in [-0.3, -0.25) is 9.69 Å². The number of furan rings is 1. The number of carbonyl (C=O) groups is 1. The van der Waals surface area contributed by atoms with Gasteiger partial charge in [0.25, 0.3) is 5.91 Å². The van der Waals surface area contributed by atoms with Gasteiger partial charge in [-0.1, -0.05) is 43.6 Å². The SMILES string of the molecule is CC(C)C(C)NC(=O)c1ccc(CN2CCn3cccc3C2c2ccccc2Cl)o1. The number of hydrogen-bond donors (Lipinski definition) is 1. The van der Waals surface area contributed by atoms with Gasteiger partial charge in [0.2, 0.25) is 0 Å². The lowest BCUT2D eigenvalue weighted by Gasteiger charge is -2.37. The lowest BCUT2D eigenvalue weighted by atomic mass is 9.99. The van der Waals surface area contributed by atoms with E-state index in [0.29, 0.717) is 18.2 Å². The summed E-state index contributed by atoms with van der Waals surface area (Å²) in [7, 11) is 0. The third kappa shape index (κ3) is 4.18. The Labute approximate surface area is 182 Å². The molecule has 2 aromatic heterocycles. The van der Waals surface area contributed by atoms with Crippen LogP contribution in [0.5, 0.6) is 0 Å². The molecule has 158 valence electrons. The molecule has 0 saturated heterocycles. The highest BCUT2D eigenvalue weighted by Gasteiger charge is 2.31. The van der Waals surface area contributed by atoms with Gasteiger partial charge >= 0.3 is 0 Å². The van der Waals surface area contributed by atoms with Crippen molar-refractivity contribution >= 4 is 17.5 Å². The van der Waals surface area contributed by atoms with Crippen LogP contribution in [0.4, 0.5) is 0 Å². The zero-order valence-electron chi connectivity index (χ0n) is 17.6. The minimum Gasteiger partial charge on any atom is -0.455 e. The molecule has 0 bridgehead atoms. The van der Waals surface area contributed by atoms with Crippen LogP contribution in [-0.2, 0) is 13.1 Å². The number of rotatable bonds is 6. The zero-order chi connectivity index (χ0) is 21.3. The first-order valence-corrected chi connectivity index (χ1v) is 10.8. The van der Waals surface area contributed by atoms with Crippen molar-refractivity contribution in [2.75, 3.05) is 6.54 Å². The lowest BCUT2D eigenvalue weighted by molar-refractivity contribution is 0.0896. The second kappa shape index (κ2) is 8.70. The van der Waals surface area contributed by atoms with E-state index in [1.165, 1.54) is 5.69 Å². The zero-order valence-corrected chi connectivity index (χ0v) is 18.4. The van der Waals surface area contributed by atoms with Crippen molar-refractivity contribution in [1.82, 2.24) is 14.8 Å². The lowest BCUT2D eigenvalue weighted by Crippen LogP contribution is -2.38. The van der Waals surface area contributed by atoms with Gasteiger partial charge < -0.3 is 14.3 Å². The summed E-state index contributed by atoms with van der Waals surface area (Å²) in [5, 5.41) is 3.75. The molecule has 0 spiro atoms. The molecule has 1 aromatic carbocycles. The number of halogens is 1. The molecule has 30 heavy (non-hydrogen) atoms. The van der Waals surface area contributed by atoms with E-state index >= 15 is 0 Å². The minimum absolute atomic E-state index is 0.0331. The summed E-state index contributed by atoms with van der Waals surface area (Å²) in [6, 6.07) is 16.0. The topological polar surface area (TPSA) is 50.4 Å². The normalized spacial score (nSPS) is 17.7. The average molecular weight is 426 g/mol. The van der Waals surface area contributed by atoms with E-state index in [0.717, 1.165) is 29.4 Å². The Kier molecular flexibility index (Phi) is 6.02. The highest BCUT2D eigenvalue weighted by atomic mass is 35.5. The van der Waals surface area contributed by atoms with Gasteiger partial charge in [-0.2, -0.15) is 0 Å². The highest BCUT2D eigenvalue weighted by Crippen LogP contribution is 2.36. The van der Waals surface area contributed by atoms with Gasteiger partial charge in [-0.25, -0.2) is 0 Å². The number of amides is 1. The van der Waals surface area contributed by atoms with Crippen molar-refractivity contribution in [2.45, 2.75) is 45.9 Å². The average Bonchev–Trinajstić information content (AvgIpc) is 3.38. The van der Waals surface area contributed by atoms with Gasteiger partial charge in [-0.15, -0.1) is 0 Å². The van der Waals surface area contributed by atoms with E-state index in [-0.39, 0.29) is 18.0 Å². The van der Waals surface area contributed by atoms with Crippen molar-refractivity contribution < 1.29 is 9.21 Å². The molecule has 0 aliphatic carbocycles. The van der Waals surface area contributed by atoms with Crippen LogP contribution in [0, 0.1) is 5.92 Å². The van der Waals surface area contributed by atoms with Crippen LogP contribution in [0.15, 0.2) is 59.1 Å². The second-order valence-corrected chi connectivity index (χ2v) is 8.70. The first kappa shape index (κ1) is 20.8.